The number of hydrogen-bond acceptors (Lipinski definition) is 8. The van der Waals surface area contributed by atoms with E-state index in [9.17, 15) is 26.7 Å². The average molecular weight is 507 g/mol. The fraction of sp³-hybridized carbons (Fsp3) is 0.278. The first-order valence-electron chi connectivity index (χ1n) is 9.13. The van der Waals surface area contributed by atoms with Crippen molar-refractivity contribution in [2.75, 3.05) is 25.5 Å². The summed E-state index contributed by atoms with van der Waals surface area (Å²) in [4.78, 5) is 27.5. The van der Waals surface area contributed by atoms with E-state index in [-0.39, 0.29) is 12.1 Å². The quantitative estimate of drug-likeness (QED) is 0.486. The van der Waals surface area contributed by atoms with Gasteiger partial charge in [0.15, 0.2) is 0 Å². The predicted octanol–water partition coefficient (Wildman–Crippen LogP) is 2.36. The smallest absolute Gasteiger partial charge is 0.475 e. The largest absolute Gasteiger partial charge is 0.490 e. The lowest BCUT2D eigenvalue weighted by molar-refractivity contribution is -0.192. The summed E-state index contributed by atoms with van der Waals surface area (Å²) in [5, 5.41) is 16.9. The van der Waals surface area contributed by atoms with Crippen LogP contribution in [0, 0.1) is 0 Å². The minimum atomic E-state index is -5.08. The first-order chi connectivity index (χ1) is 15.8. The molecule has 10 nitrogen and oxygen atoms in total. The molecule has 0 aliphatic carbocycles. The maximum absolute atomic E-state index is 12.7. The van der Waals surface area contributed by atoms with Crippen LogP contribution < -0.4 is 16.3 Å². The van der Waals surface area contributed by atoms with Gasteiger partial charge in [0.1, 0.15) is 10.8 Å². The third-order valence-corrected chi connectivity index (χ3v) is 4.97. The number of hydrogen-bond donors (Lipinski definition) is 2. The number of carboxylic acid groups (broad SMARTS) is 1. The zero-order chi connectivity index (χ0) is 25.6. The van der Waals surface area contributed by atoms with Crippen LogP contribution in [0.25, 0.3) is 16.1 Å². The molecular formula is C18H18F5N7O3S. The molecule has 34 heavy (non-hydrogen) atoms. The van der Waals surface area contributed by atoms with E-state index in [1.54, 1.807) is 12.3 Å². The van der Waals surface area contributed by atoms with E-state index < -0.39 is 30.5 Å². The Morgan fingerprint density at radius 1 is 1.21 bits per heavy atom. The molecule has 184 valence electrons. The van der Waals surface area contributed by atoms with Crippen molar-refractivity contribution in [2.24, 2.45) is 5.73 Å². The highest BCUT2D eigenvalue weighted by Crippen LogP contribution is 2.27. The fourth-order valence-corrected chi connectivity index (χ4v) is 3.16. The average Bonchev–Trinajstić information content (AvgIpc) is 3.38. The number of pyridine rings is 1. The van der Waals surface area contributed by atoms with Crippen LogP contribution in [0.1, 0.15) is 0 Å². The number of aromatic nitrogens is 5. The maximum Gasteiger partial charge on any atom is 0.490 e. The zero-order valence-electron chi connectivity index (χ0n) is 17.6. The molecule has 0 radical (unpaired) electrons. The van der Waals surface area contributed by atoms with Crippen LogP contribution in [-0.2, 0) is 11.3 Å². The molecule has 0 spiro atoms. The number of thiophene rings is 1. The molecule has 0 aliphatic heterocycles. The number of nitrogens with zero attached hydrogens (tertiary/aromatic N) is 6. The second-order valence-electron chi connectivity index (χ2n) is 6.68. The van der Waals surface area contributed by atoms with Crippen molar-refractivity contribution in [3.8, 4) is 16.1 Å². The van der Waals surface area contributed by atoms with Crippen molar-refractivity contribution in [2.45, 2.75) is 12.7 Å². The molecule has 3 rings (SSSR count). The normalized spacial score (nSPS) is 10.9. The van der Waals surface area contributed by atoms with Crippen molar-refractivity contribution < 1.29 is 31.9 Å². The lowest BCUT2D eigenvalue weighted by Gasteiger charge is -2.10. The molecule has 0 fully saturated rings. The van der Waals surface area contributed by atoms with Crippen LogP contribution in [0.15, 0.2) is 46.2 Å². The minimum Gasteiger partial charge on any atom is -0.475 e. The van der Waals surface area contributed by atoms with E-state index in [4.69, 9.17) is 15.6 Å². The summed E-state index contributed by atoms with van der Waals surface area (Å²) in [6, 6.07) is 5.59. The van der Waals surface area contributed by atoms with Gasteiger partial charge < -0.3 is 15.7 Å². The van der Waals surface area contributed by atoms with Gasteiger partial charge in [-0.05, 0) is 34.2 Å². The number of halogens is 5. The Morgan fingerprint density at radius 3 is 2.32 bits per heavy atom. The van der Waals surface area contributed by atoms with E-state index in [1.807, 2.05) is 36.5 Å². The van der Waals surface area contributed by atoms with E-state index in [1.165, 1.54) is 11.3 Å². The first-order valence-corrected chi connectivity index (χ1v) is 10.0. The highest BCUT2D eigenvalue weighted by molar-refractivity contribution is 7.13. The molecule has 0 unspecified atom stereocenters. The second-order valence-corrected chi connectivity index (χ2v) is 7.56. The predicted molar refractivity (Wildman–Crippen MR) is 113 cm³/mol. The van der Waals surface area contributed by atoms with E-state index in [0.717, 1.165) is 26.3 Å². The number of nitrogens with two attached hydrogens (primary N) is 1. The molecular weight excluding hydrogens is 489 g/mol. The number of carbonyl (C=O) groups is 1. The summed E-state index contributed by atoms with van der Waals surface area (Å²) in [5.41, 5.74) is 6.05. The third-order valence-electron chi connectivity index (χ3n) is 4.07. The molecule has 0 bridgehead atoms. The molecule has 3 aromatic heterocycles. The summed E-state index contributed by atoms with van der Waals surface area (Å²) in [5.74, 6) is -1.93. The molecule has 0 aliphatic rings. The van der Waals surface area contributed by atoms with Crippen LogP contribution in [0.2, 0.25) is 0 Å². The van der Waals surface area contributed by atoms with Gasteiger partial charge in [-0.2, -0.15) is 31.3 Å². The molecule has 0 aromatic carbocycles. The van der Waals surface area contributed by atoms with Crippen LogP contribution in [0.4, 0.5) is 27.8 Å². The Bertz CT molecular complexity index is 1210. The number of tetrazole rings is 1. The monoisotopic (exact) mass is 507 g/mol. The van der Waals surface area contributed by atoms with Gasteiger partial charge in [0, 0.05) is 43.4 Å². The molecule has 3 N–H and O–H groups in total. The van der Waals surface area contributed by atoms with E-state index in [0.29, 0.717) is 5.00 Å². The number of alkyl halides is 3. The second kappa shape index (κ2) is 11.0. The van der Waals surface area contributed by atoms with Gasteiger partial charge >= 0.3 is 17.8 Å². The molecule has 0 saturated heterocycles. The van der Waals surface area contributed by atoms with E-state index >= 15 is 0 Å². The van der Waals surface area contributed by atoms with Gasteiger partial charge in [-0.15, -0.1) is 11.3 Å². The van der Waals surface area contributed by atoms with Crippen molar-refractivity contribution >= 4 is 23.1 Å². The Kier molecular flexibility index (Phi) is 8.58. The molecule has 0 amide bonds. The number of anilines is 1. The fourth-order valence-electron chi connectivity index (χ4n) is 2.30. The molecule has 3 heterocycles. The maximum atomic E-state index is 12.7. The van der Waals surface area contributed by atoms with Crippen molar-refractivity contribution in [3.63, 3.8) is 0 Å². The first kappa shape index (κ1) is 26.6. The van der Waals surface area contributed by atoms with Gasteiger partial charge in [0.05, 0.1) is 6.54 Å². The summed E-state index contributed by atoms with van der Waals surface area (Å²) in [6.07, 6.45) is -5.26. The number of carboxylic acids is 1. The SMILES string of the molecule is CN(C)c1ccc(-c2csc(-n3nnn(CC(CN)=C(F)F)c3=O)c2)cn1.O=C(O)C(F)(F)F. The Hall–Kier alpha value is -3.66. The van der Waals surface area contributed by atoms with Crippen LogP contribution in [0.3, 0.4) is 0 Å². The number of rotatable bonds is 6. The van der Waals surface area contributed by atoms with Gasteiger partial charge in [-0.1, -0.05) is 0 Å². The molecule has 0 saturated carbocycles. The topological polar surface area (TPSA) is 132 Å². The van der Waals surface area contributed by atoms with Crippen LogP contribution in [0.5, 0.6) is 0 Å². The van der Waals surface area contributed by atoms with Gasteiger partial charge in [-0.25, -0.2) is 14.6 Å². The molecule has 3 aromatic rings. The molecule has 0 atom stereocenters. The summed E-state index contributed by atoms with van der Waals surface area (Å²) < 4.78 is 59.1. The Morgan fingerprint density at radius 2 is 1.85 bits per heavy atom. The van der Waals surface area contributed by atoms with Crippen molar-refractivity contribution in [1.29, 1.82) is 0 Å². The number of aliphatic carboxylic acids is 1. The van der Waals surface area contributed by atoms with Gasteiger partial charge in [0.2, 0.25) is 0 Å². The highest BCUT2D eigenvalue weighted by atomic mass is 32.1. The summed E-state index contributed by atoms with van der Waals surface area (Å²) in [6.45, 7) is -0.757. The third kappa shape index (κ3) is 6.67. The van der Waals surface area contributed by atoms with Gasteiger partial charge in [0.25, 0.3) is 6.08 Å². The van der Waals surface area contributed by atoms with Crippen molar-refractivity contribution in [3.05, 3.63) is 51.9 Å². The Labute approximate surface area is 192 Å². The Balaban J connectivity index is 0.000000509. The molecule has 16 heteroatoms. The minimum absolute atomic E-state index is 0.358. The lowest BCUT2D eigenvalue weighted by atomic mass is 10.1. The van der Waals surface area contributed by atoms with Crippen LogP contribution in [-0.4, -0.2) is 62.7 Å². The van der Waals surface area contributed by atoms with E-state index in [2.05, 4.69) is 15.4 Å². The lowest BCUT2D eigenvalue weighted by Crippen LogP contribution is -2.26. The standard InChI is InChI=1S/C16H17F2N7OS.C2HF3O2/c1-23(2)13-4-3-10(7-20-13)11-5-14(27-9-11)25-16(26)24(21-22-25)8-12(6-19)15(17)18;3-2(4,5)1(6)7/h3-5,7,9H,6,8,19H2,1-2H3;(H,6,7). The van der Waals surface area contributed by atoms with Crippen molar-refractivity contribution in [1.82, 2.24) is 24.8 Å². The van der Waals surface area contributed by atoms with Crippen LogP contribution >= 0.6 is 11.3 Å². The zero-order valence-corrected chi connectivity index (χ0v) is 18.4. The summed E-state index contributed by atoms with van der Waals surface area (Å²) >= 11 is 1.29. The highest BCUT2D eigenvalue weighted by Gasteiger charge is 2.38. The summed E-state index contributed by atoms with van der Waals surface area (Å²) in [7, 11) is 3.81. The van der Waals surface area contributed by atoms with Gasteiger partial charge in [-0.3, -0.25) is 0 Å².